The molecule has 0 aliphatic carbocycles. The molecule has 3 heteroatoms. The quantitative estimate of drug-likeness (QED) is 0.732. The molecule has 0 aromatic heterocycles. The molecule has 1 aromatic carbocycles. The SMILES string of the molecule is OCCCCCN1CCCC1COc1ccccc1. The molecule has 106 valence electrons. The highest BCUT2D eigenvalue weighted by Crippen LogP contribution is 2.19. The highest BCUT2D eigenvalue weighted by molar-refractivity contribution is 5.20. The summed E-state index contributed by atoms with van der Waals surface area (Å²) >= 11 is 0. The number of aliphatic hydroxyl groups is 1. The van der Waals surface area contributed by atoms with Gasteiger partial charge in [-0.3, -0.25) is 4.90 Å². The third-order valence-corrected chi connectivity index (χ3v) is 3.79. The van der Waals surface area contributed by atoms with E-state index >= 15 is 0 Å². The van der Waals surface area contributed by atoms with E-state index in [0.717, 1.165) is 31.7 Å². The molecule has 0 amide bonds. The zero-order valence-electron chi connectivity index (χ0n) is 11.6. The van der Waals surface area contributed by atoms with E-state index in [2.05, 4.69) is 4.90 Å². The fourth-order valence-electron chi connectivity index (χ4n) is 2.69. The van der Waals surface area contributed by atoms with Crippen molar-refractivity contribution in [1.29, 1.82) is 0 Å². The molecule has 1 atom stereocenters. The molecule has 3 nitrogen and oxygen atoms in total. The lowest BCUT2D eigenvalue weighted by Crippen LogP contribution is -2.34. The summed E-state index contributed by atoms with van der Waals surface area (Å²) in [5.74, 6) is 0.967. The van der Waals surface area contributed by atoms with Crippen molar-refractivity contribution >= 4 is 0 Å². The molecular weight excluding hydrogens is 238 g/mol. The molecule has 1 aliphatic rings. The molecule has 1 aliphatic heterocycles. The summed E-state index contributed by atoms with van der Waals surface area (Å²) in [6.07, 6.45) is 5.76. The Kier molecular flexibility index (Phi) is 6.18. The van der Waals surface area contributed by atoms with Crippen molar-refractivity contribution in [3.63, 3.8) is 0 Å². The zero-order valence-corrected chi connectivity index (χ0v) is 11.6. The third-order valence-electron chi connectivity index (χ3n) is 3.79. The monoisotopic (exact) mass is 263 g/mol. The van der Waals surface area contributed by atoms with Gasteiger partial charge in [0.05, 0.1) is 0 Å². The average Bonchev–Trinajstić information content (AvgIpc) is 2.90. The maximum absolute atomic E-state index is 8.79. The Morgan fingerprint density at radius 1 is 1.16 bits per heavy atom. The van der Waals surface area contributed by atoms with Gasteiger partial charge in [-0.2, -0.15) is 0 Å². The van der Waals surface area contributed by atoms with E-state index < -0.39 is 0 Å². The van der Waals surface area contributed by atoms with Crippen molar-refractivity contribution < 1.29 is 9.84 Å². The van der Waals surface area contributed by atoms with Gasteiger partial charge >= 0.3 is 0 Å². The highest BCUT2D eigenvalue weighted by Gasteiger charge is 2.24. The first-order valence-electron chi connectivity index (χ1n) is 7.43. The van der Waals surface area contributed by atoms with E-state index in [1.165, 1.54) is 25.8 Å². The Bertz CT molecular complexity index is 342. The van der Waals surface area contributed by atoms with Crippen LogP contribution in [0.25, 0.3) is 0 Å². The summed E-state index contributed by atoms with van der Waals surface area (Å²) in [5.41, 5.74) is 0. The molecule has 1 N–H and O–H groups in total. The largest absolute Gasteiger partial charge is 0.492 e. The Balaban J connectivity index is 1.70. The van der Waals surface area contributed by atoms with Crippen molar-refractivity contribution in [2.45, 2.75) is 38.1 Å². The van der Waals surface area contributed by atoms with Gasteiger partial charge in [-0.15, -0.1) is 0 Å². The van der Waals surface area contributed by atoms with Gasteiger partial charge in [0.25, 0.3) is 0 Å². The van der Waals surface area contributed by atoms with Crippen molar-refractivity contribution in [3.8, 4) is 5.75 Å². The van der Waals surface area contributed by atoms with Crippen LogP contribution in [0.2, 0.25) is 0 Å². The number of likely N-dealkylation sites (tertiary alicyclic amines) is 1. The van der Waals surface area contributed by atoms with Crippen LogP contribution < -0.4 is 4.74 Å². The van der Waals surface area contributed by atoms with Crippen LogP contribution in [0.1, 0.15) is 32.1 Å². The molecule has 0 saturated carbocycles. The maximum Gasteiger partial charge on any atom is 0.119 e. The molecule has 1 heterocycles. The summed E-state index contributed by atoms with van der Waals surface area (Å²) in [7, 11) is 0. The van der Waals surface area contributed by atoms with E-state index in [9.17, 15) is 0 Å². The Labute approximate surface area is 116 Å². The molecule has 0 spiro atoms. The molecule has 1 aromatic rings. The van der Waals surface area contributed by atoms with Crippen LogP contribution in [0.4, 0.5) is 0 Å². The molecule has 1 fully saturated rings. The summed E-state index contributed by atoms with van der Waals surface area (Å²) < 4.78 is 5.87. The van der Waals surface area contributed by atoms with Crippen molar-refractivity contribution in [1.82, 2.24) is 4.90 Å². The lowest BCUT2D eigenvalue weighted by Gasteiger charge is -2.24. The molecule has 1 unspecified atom stereocenters. The number of unbranched alkanes of at least 4 members (excludes halogenated alkanes) is 2. The number of ether oxygens (including phenoxy) is 1. The minimum atomic E-state index is 0.320. The predicted molar refractivity (Wildman–Crippen MR) is 77.5 cm³/mol. The maximum atomic E-state index is 8.79. The van der Waals surface area contributed by atoms with Crippen LogP contribution in [0.5, 0.6) is 5.75 Å². The third kappa shape index (κ3) is 4.84. The van der Waals surface area contributed by atoms with Crippen LogP contribution in [0.15, 0.2) is 30.3 Å². The van der Waals surface area contributed by atoms with E-state index in [1.807, 2.05) is 30.3 Å². The number of benzene rings is 1. The van der Waals surface area contributed by atoms with E-state index in [-0.39, 0.29) is 0 Å². The van der Waals surface area contributed by atoms with Gasteiger partial charge in [0, 0.05) is 12.6 Å². The van der Waals surface area contributed by atoms with E-state index in [1.54, 1.807) is 0 Å². The number of hydrogen-bond donors (Lipinski definition) is 1. The second kappa shape index (κ2) is 8.18. The Morgan fingerprint density at radius 3 is 2.79 bits per heavy atom. The molecule has 1 saturated heterocycles. The van der Waals surface area contributed by atoms with Gasteiger partial charge in [0.2, 0.25) is 0 Å². The first kappa shape index (κ1) is 14.4. The average molecular weight is 263 g/mol. The van der Waals surface area contributed by atoms with E-state index in [4.69, 9.17) is 9.84 Å². The van der Waals surface area contributed by atoms with Crippen molar-refractivity contribution in [2.24, 2.45) is 0 Å². The predicted octanol–water partition coefficient (Wildman–Crippen LogP) is 2.69. The van der Waals surface area contributed by atoms with Crippen LogP contribution in [-0.2, 0) is 0 Å². The fraction of sp³-hybridized carbons (Fsp3) is 0.625. The van der Waals surface area contributed by atoms with Crippen molar-refractivity contribution in [3.05, 3.63) is 30.3 Å². The minimum absolute atomic E-state index is 0.320. The molecular formula is C16H25NO2. The van der Waals surface area contributed by atoms with Crippen LogP contribution in [0.3, 0.4) is 0 Å². The smallest absolute Gasteiger partial charge is 0.119 e. The first-order chi connectivity index (χ1) is 9.40. The fourth-order valence-corrected chi connectivity index (χ4v) is 2.69. The molecule has 19 heavy (non-hydrogen) atoms. The number of aliphatic hydroxyl groups excluding tert-OH is 1. The lowest BCUT2D eigenvalue weighted by atomic mass is 10.2. The van der Waals surface area contributed by atoms with Crippen molar-refractivity contribution in [2.75, 3.05) is 26.3 Å². The minimum Gasteiger partial charge on any atom is -0.492 e. The van der Waals surface area contributed by atoms with Gasteiger partial charge < -0.3 is 9.84 Å². The number of para-hydroxylation sites is 1. The summed E-state index contributed by atoms with van der Waals surface area (Å²) in [6, 6.07) is 10.6. The normalized spacial score (nSPS) is 19.7. The Morgan fingerprint density at radius 2 is 2.00 bits per heavy atom. The Hall–Kier alpha value is -1.06. The summed E-state index contributed by atoms with van der Waals surface area (Å²) in [5, 5.41) is 8.79. The highest BCUT2D eigenvalue weighted by atomic mass is 16.5. The molecule has 2 rings (SSSR count). The van der Waals surface area contributed by atoms with E-state index in [0.29, 0.717) is 12.6 Å². The second-order valence-corrected chi connectivity index (χ2v) is 5.24. The van der Waals surface area contributed by atoms with Gasteiger partial charge in [-0.25, -0.2) is 0 Å². The van der Waals surface area contributed by atoms with Crippen LogP contribution in [0, 0.1) is 0 Å². The number of hydrogen-bond acceptors (Lipinski definition) is 3. The van der Waals surface area contributed by atoms with Gasteiger partial charge in [-0.1, -0.05) is 18.2 Å². The second-order valence-electron chi connectivity index (χ2n) is 5.24. The lowest BCUT2D eigenvalue weighted by molar-refractivity contribution is 0.169. The van der Waals surface area contributed by atoms with Crippen LogP contribution >= 0.6 is 0 Å². The number of nitrogens with zero attached hydrogens (tertiary/aromatic N) is 1. The zero-order chi connectivity index (χ0) is 13.3. The number of rotatable bonds is 8. The summed E-state index contributed by atoms with van der Waals surface area (Å²) in [6.45, 7) is 3.45. The van der Waals surface area contributed by atoms with Gasteiger partial charge in [-0.05, 0) is 57.3 Å². The van der Waals surface area contributed by atoms with Crippen LogP contribution in [-0.4, -0.2) is 42.4 Å². The molecule has 0 radical (unpaired) electrons. The van der Waals surface area contributed by atoms with Gasteiger partial charge in [0.15, 0.2) is 0 Å². The topological polar surface area (TPSA) is 32.7 Å². The molecule has 0 bridgehead atoms. The van der Waals surface area contributed by atoms with Gasteiger partial charge in [0.1, 0.15) is 12.4 Å². The standard InChI is InChI=1S/C16H25NO2/c18-13-6-2-5-11-17-12-7-8-15(17)14-19-16-9-3-1-4-10-16/h1,3-4,9-10,15,18H,2,5-8,11-14H2. The summed E-state index contributed by atoms with van der Waals surface area (Å²) in [4.78, 5) is 2.54. The first-order valence-corrected chi connectivity index (χ1v) is 7.43.